The normalized spacial score (nSPS) is 19.1. The highest BCUT2D eigenvalue weighted by atomic mass is 14.9. The Balaban J connectivity index is 2.27. The van der Waals surface area contributed by atoms with E-state index in [4.69, 9.17) is 0 Å². The molecule has 21 heavy (non-hydrogen) atoms. The van der Waals surface area contributed by atoms with Crippen LogP contribution in [0.4, 0.5) is 0 Å². The smallest absolute Gasteiger partial charge is 0.00953 e. The molecular formula is C20H41N. The van der Waals surface area contributed by atoms with Crippen LogP contribution in [0, 0.1) is 5.92 Å². The second kappa shape index (κ2) is 13.6. The van der Waals surface area contributed by atoms with Gasteiger partial charge in [0.25, 0.3) is 0 Å². The Kier molecular flexibility index (Phi) is 12.3. The summed E-state index contributed by atoms with van der Waals surface area (Å²) in [4.78, 5) is 0. The minimum atomic E-state index is 0.814. The van der Waals surface area contributed by atoms with Crippen molar-refractivity contribution in [2.75, 3.05) is 6.54 Å². The van der Waals surface area contributed by atoms with Crippen molar-refractivity contribution in [1.29, 1.82) is 0 Å². The molecule has 1 N–H and O–H groups in total. The number of rotatable bonds is 11. The van der Waals surface area contributed by atoms with E-state index >= 15 is 0 Å². The van der Waals surface area contributed by atoms with Crippen molar-refractivity contribution in [3.8, 4) is 0 Å². The van der Waals surface area contributed by atoms with Crippen LogP contribution in [0.3, 0.4) is 0 Å². The van der Waals surface area contributed by atoms with Gasteiger partial charge in [-0.3, -0.25) is 0 Å². The van der Waals surface area contributed by atoms with Crippen LogP contribution < -0.4 is 5.32 Å². The van der Waals surface area contributed by atoms with Gasteiger partial charge in [-0.15, -0.1) is 0 Å². The van der Waals surface area contributed by atoms with Crippen molar-refractivity contribution in [1.82, 2.24) is 5.32 Å². The maximum atomic E-state index is 3.89. The van der Waals surface area contributed by atoms with Crippen molar-refractivity contribution in [2.24, 2.45) is 5.92 Å². The van der Waals surface area contributed by atoms with Gasteiger partial charge >= 0.3 is 0 Å². The van der Waals surface area contributed by atoms with Crippen molar-refractivity contribution in [2.45, 2.75) is 116 Å². The Bertz CT molecular complexity index is 206. The lowest BCUT2D eigenvalue weighted by molar-refractivity contribution is 0.268. The van der Waals surface area contributed by atoms with Crippen LogP contribution in [-0.4, -0.2) is 12.6 Å². The third-order valence-electron chi connectivity index (χ3n) is 5.24. The monoisotopic (exact) mass is 295 g/mol. The van der Waals surface area contributed by atoms with Gasteiger partial charge in [-0.25, -0.2) is 0 Å². The van der Waals surface area contributed by atoms with Crippen LogP contribution in [0.1, 0.15) is 110 Å². The summed E-state index contributed by atoms with van der Waals surface area (Å²) in [7, 11) is 0. The first-order valence-corrected chi connectivity index (χ1v) is 10.1. The second-order valence-electron chi connectivity index (χ2n) is 7.22. The lowest BCUT2D eigenvalue weighted by Crippen LogP contribution is -2.37. The lowest BCUT2D eigenvalue weighted by atomic mass is 9.83. The van der Waals surface area contributed by atoms with Crippen LogP contribution in [0.25, 0.3) is 0 Å². The van der Waals surface area contributed by atoms with Gasteiger partial charge in [0.2, 0.25) is 0 Å². The highest BCUT2D eigenvalue weighted by molar-refractivity contribution is 4.78. The zero-order valence-corrected chi connectivity index (χ0v) is 15.0. The van der Waals surface area contributed by atoms with E-state index in [1.54, 1.807) is 0 Å². The molecule has 1 unspecified atom stereocenters. The van der Waals surface area contributed by atoms with E-state index in [0.29, 0.717) is 0 Å². The third kappa shape index (κ3) is 9.55. The summed E-state index contributed by atoms with van der Waals surface area (Å²) in [5, 5.41) is 3.89. The van der Waals surface area contributed by atoms with E-state index in [1.807, 2.05) is 0 Å². The summed E-state index contributed by atoms with van der Waals surface area (Å²) < 4.78 is 0. The maximum Gasteiger partial charge on any atom is 0.00953 e. The van der Waals surface area contributed by atoms with Gasteiger partial charge in [-0.2, -0.15) is 0 Å². The molecule has 1 saturated carbocycles. The molecule has 1 fully saturated rings. The topological polar surface area (TPSA) is 12.0 Å². The summed E-state index contributed by atoms with van der Waals surface area (Å²) in [6.07, 6.45) is 21.7. The van der Waals surface area contributed by atoms with Crippen molar-refractivity contribution in [3.05, 3.63) is 0 Å². The minimum Gasteiger partial charge on any atom is -0.314 e. The number of nitrogens with one attached hydrogen (secondary N) is 1. The molecule has 0 radical (unpaired) electrons. The molecule has 0 saturated heterocycles. The predicted molar refractivity (Wildman–Crippen MR) is 95.9 cm³/mol. The molecule has 1 aliphatic rings. The number of hydrogen-bond acceptors (Lipinski definition) is 1. The Labute approximate surface area is 134 Å². The zero-order valence-electron chi connectivity index (χ0n) is 15.0. The number of unbranched alkanes of at least 4 members (excludes halogenated alkanes) is 5. The Morgan fingerprint density at radius 3 is 2.05 bits per heavy atom. The first kappa shape index (κ1) is 19.0. The average Bonchev–Trinajstić information content (AvgIpc) is 2.46. The average molecular weight is 296 g/mol. The molecule has 1 nitrogen and oxygen atoms in total. The molecule has 1 rings (SSSR count). The molecule has 0 aromatic rings. The van der Waals surface area contributed by atoms with Gasteiger partial charge in [0.1, 0.15) is 0 Å². The molecule has 0 aromatic carbocycles. The Morgan fingerprint density at radius 2 is 1.38 bits per heavy atom. The van der Waals surface area contributed by atoms with Gasteiger partial charge in [0, 0.05) is 6.04 Å². The lowest BCUT2D eigenvalue weighted by Gasteiger charge is -2.30. The summed E-state index contributed by atoms with van der Waals surface area (Å²) in [6, 6.07) is 0.814. The van der Waals surface area contributed by atoms with Gasteiger partial charge in [0.15, 0.2) is 0 Å². The van der Waals surface area contributed by atoms with E-state index in [1.165, 1.54) is 103 Å². The van der Waals surface area contributed by atoms with Crippen LogP contribution in [-0.2, 0) is 0 Å². The van der Waals surface area contributed by atoms with E-state index < -0.39 is 0 Å². The van der Waals surface area contributed by atoms with Crippen LogP contribution in [0.15, 0.2) is 0 Å². The van der Waals surface area contributed by atoms with Crippen LogP contribution >= 0.6 is 0 Å². The largest absolute Gasteiger partial charge is 0.314 e. The molecule has 0 bridgehead atoms. The molecule has 0 heterocycles. The first-order valence-electron chi connectivity index (χ1n) is 10.1. The van der Waals surface area contributed by atoms with Gasteiger partial charge < -0.3 is 5.32 Å². The molecule has 1 atom stereocenters. The van der Waals surface area contributed by atoms with E-state index in [9.17, 15) is 0 Å². The maximum absolute atomic E-state index is 3.89. The van der Waals surface area contributed by atoms with E-state index in [2.05, 4.69) is 19.2 Å². The van der Waals surface area contributed by atoms with Crippen molar-refractivity contribution >= 4 is 0 Å². The van der Waals surface area contributed by atoms with Gasteiger partial charge in [-0.05, 0) is 38.1 Å². The van der Waals surface area contributed by atoms with Crippen molar-refractivity contribution in [3.63, 3.8) is 0 Å². The minimum absolute atomic E-state index is 0.814. The third-order valence-corrected chi connectivity index (χ3v) is 5.24. The molecule has 1 aliphatic carbocycles. The van der Waals surface area contributed by atoms with E-state index in [0.717, 1.165) is 12.0 Å². The zero-order chi connectivity index (χ0) is 15.2. The van der Waals surface area contributed by atoms with Gasteiger partial charge in [0.05, 0.1) is 0 Å². The molecule has 0 spiro atoms. The molecule has 126 valence electrons. The fourth-order valence-electron chi connectivity index (χ4n) is 3.87. The molecule has 0 amide bonds. The highest BCUT2D eigenvalue weighted by Gasteiger charge is 2.21. The van der Waals surface area contributed by atoms with Crippen LogP contribution in [0.5, 0.6) is 0 Å². The van der Waals surface area contributed by atoms with E-state index in [-0.39, 0.29) is 0 Å². The SMILES string of the molecule is CCCCCCCCC(NCCC)C1CCCCCCC1. The number of hydrogen-bond donors (Lipinski definition) is 1. The summed E-state index contributed by atoms with van der Waals surface area (Å²) in [5.41, 5.74) is 0. The second-order valence-corrected chi connectivity index (χ2v) is 7.22. The van der Waals surface area contributed by atoms with Crippen LogP contribution in [0.2, 0.25) is 0 Å². The fraction of sp³-hybridized carbons (Fsp3) is 1.00. The van der Waals surface area contributed by atoms with Crippen molar-refractivity contribution < 1.29 is 0 Å². The summed E-state index contributed by atoms with van der Waals surface area (Å²) in [5.74, 6) is 0.965. The fourth-order valence-corrected chi connectivity index (χ4v) is 3.87. The Morgan fingerprint density at radius 1 is 0.762 bits per heavy atom. The summed E-state index contributed by atoms with van der Waals surface area (Å²) >= 11 is 0. The summed E-state index contributed by atoms with van der Waals surface area (Å²) in [6.45, 7) is 5.82. The quantitative estimate of drug-likeness (QED) is 0.431. The van der Waals surface area contributed by atoms with Gasteiger partial charge in [-0.1, -0.05) is 84.5 Å². The molecule has 1 heteroatoms. The molecule has 0 aromatic heterocycles. The first-order chi connectivity index (χ1) is 10.4. The Hall–Kier alpha value is -0.0400. The predicted octanol–water partition coefficient (Wildman–Crippen LogP) is 6.47. The standard InChI is InChI=1S/C20H41N/c1-3-5-6-7-11-14-17-20(21-18-4-2)19-15-12-9-8-10-13-16-19/h19-21H,3-18H2,1-2H3. The molecular weight excluding hydrogens is 254 g/mol. The molecule has 0 aliphatic heterocycles. The highest BCUT2D eigenvalue weighted by Crippen LogP contribution is 2.27.